The number of anilines is 2. The predicted molar refractivity (Wildman–Crippen MR) is 215 cm³/mol. The van der Waals surface area contributed by atoms with Gasteiger partial charge in [-0.2, -0.15) is 0 Å². The number of halogens is 1. The van der Waals surface area contributed by atoms with Crippen LogP contribution in [0.3, 0.4) is 0 Å². The van der Waals surface area contributed by atoms with Crippen LogP contribution in [0, 0.1) is 5.41 Å². The van der Waals surface area contributed by atoms with Gasteiger partial charge in [-0.05, 0) is 0 Å². The number of carbonyl (C=O) groups excluding carboxylic acids is 2. The Hall–Kier alpha value is -5.26. The smallest absolute Gasteiger partial charge is 1.00 e. The molecule has 0 bridgehead atoms. The first-order valence-corrected chi connectivity index (χ1v) is 20.2. The third kappa shape index (κ3) is 7.18. The maximum atomic E-state index is 15.8. The Balaban J connectivity index is 0.00000497. The zero-order valence-corrected chi connectivity index (χ0v) is 33.6. The van der Waals surface area contributed by atoms with Gasteiger partial charge >= 0.3 is 322 Å². The normalized spacial score (nSPS) is 13.3. The number of hydrogen-bond donors (Lipinski definition) is 0. The van der Waals surface area contributed by atoms with Gasteiger partial charge < -0.3 is 12.4 Å². The maximum absolute atomic E-state index is 15.8. The van der Waals surface area contributed by atoms with E-state index in [9.17, 15) is 0 Å². The molecule has 0 unspecified atom stereocenters. The Labute approximate surface area is 332 Å². The Kier molecular flexibility index (Phi) is 11.7. The molecule has 0 spiro atoms. The van der Waals surface area contributed by atoms with Gasteiger partial charge in [-0.1, -0.05) is 0 Å². The van der Waals surface area contributed by atoms with Crippen LogP contribution in [0.5, 0.6) is 0 Å². The van der Waals surface area contributed by atoms with Crippen LogP contribution in [-0.4, -0.2) is 11.8 Å². The second kappa shape index (κ2) is 16.4. The summed E-state index contributed by atoms with van der Waals surface area (Å²) in [5.41, 5.74) is 9.54. The van der Waals surface area contributed by atoms with Gasteiger partial charge in [-0.3, -0.25) is 0 Å². The average molecular weight is 763 g/mol. The van der Waals surface area contributed by atoms with E-state index in [1.165, 1.54) is 11.1 Å². The molecule has 0 saturated heterocycles. The first kappa shape index (κ1) is 38.5. The predicted octanol–water partition coefficient (Wildman–Crippen LogP) is 9.12. The number of nitrogens with zero attached hydrogens (tertiary/aromatic N) is 2. The van der Waals surface area contributed by atoms with Gasteiger partial charge in [-0.25, -0.2) is 0 Å². The van der Waals surface area contributed by atoms with Gasteiger partial charge in [0.2, 0.25) is 0 Å². The van der Waals surface area contributed by atoms with E-state index < -0.39 is 23.8 Å². The Morgan fingerprint density at radius 1 is 0.463 bits per heavy atom. The van der Waals surface area contributed by atoms with Gasteiger partial charge in [0.05, 0.1) is 0 Å². The molecular formula is C48H43ClN2O2Ti. The summed E-state index contributed by atoms with van der Waals surface area (Å²) in [6.07, 6.45) is 0. The van der Waals surface area contributed by atoms with Gasteiger partial charge in [0.1, 0.15) is 0 Å². The Bertz CT molecular complexity index is 2200. The number of rotatable bonds is 9. The monoisotopic (exact) mass is 762 g/mol. The molecule has 54 heavy (non-hydrogen) atoms. The molecule has 6 aromatic carbocycles. The quantitative estimate of drug-likeness (QED) is 0.138. The fourth-order valence-electron chi connectivity index (χ4n) is 7.51. The van der Waals surface area contributed by atoms with Crippen molar-refractivity contribution in [2.45, 2.75) is 34.6 Å². The third-order valence-electron chi connectivity index (χ3n) is 10.6. The first-order valence-electron chi connectivity index (χ1n) is 18.0. The van der Waals surface area contributed by atoms with Gasteiger partial charge in [0.15, 0.2) is 0 Å². The molecule has 0 atom stereocenters. The van der Waals surface area contributed by atoms with Crippen molar-refractivity contribution in [3.8, 4) is 22.3 Å². The van der Waals surface area contributed by atoms with E-state index in [4.69, 9.17) is 0 Å². The number of benzene rings is 6. The Morgan fingerprint density at radius 2 is 0.796 bits per heavy atom. The SMILES string of the molecule is CC1=C(C)C(C)(C)[C]([Ti+]([N](C(=O)c2ccccc2-c2ccccc2)c2ccccc2)[N](C(=O)c2ccccc2-c2ccccc2)c2ccccc2)=C1C.[Cl-]. The molecule has 0 radical (unpaired) electrons. The summed E-state index contributed by atoms with van der Waals surface area (Å²) in [4.78, 5) is 31.6. The fraction of sp³-hybridized carbons (Fsp3) is 0.125. The van der Waals surface area contributed by atoms with Crippen molar-refractivity contribution in [3.63, 3.8) is 0 Å². The molecule has 0 fully saturated rings. The van der Waals surface area contributed by atoms with Crippen molar-refractivity contribution in [2.24, 2.45) is 5.41 Å². The van der Waals surface area contributed by atoms with Crippen LogP contribution >= 0.6 is 0 Å². The van der Waals surface area contributed by atoms with Gasteiger partial charge in [0.25, 0.3) is 0 Å². The summed E-state index contributed by atoms with van der Waals surface area (Å²) in [5, 5.41) is 0. The number of hydrogen-bond acceptors (Lipinski definition) is 2. The van der Waals surface area contributed by atoms with Crippen LogP contribution < -0.4 is 19.2 Å². The largest absolute Gasteiger partial charge is 1.00 e. The summed E-state index contributed by atoms with van der Waals surface area (Å²) >= 11 is -3.56. The minimum atomic E-state index is -3.56. The summed E-state index contributed by atoms with van der Waals surface area (Å²) in [6, 6.07) is 55.7. The zero-order valence-electron chi connectivity index (χ0n) is 31.3. The van der Waals surface area contributed by atoms with Gasteiger partial charge in [-0.15, -0.1) is 0 Å². The van der Waals surface area contributed by atoms with Crippen LogP contribution in [0.25, 0.3) is 22.3 Å². The molecule has 0 saturated carbocycles. The number of carbonyl (C=O) groups is 2. The van der Waals surface area contributed by atoms with Crippen molar-refractivity contribution >= 4 is 23.2 Å². The molecule has 1 aliphatic rings. The molecule has 4 nitrogen and oxygen atoms in total. The van der Waals surface area contributed by atoms with Crippen LogP contribution in [0.15, 0.2) is 190 Å². The van der Waals surface area contributed by atoms with E-state index in [1.54, 1.807) is 0 Å². The van der Waals surface area contributed by atoms with E-state index in [2.05, 4.69) is 34.6 Å². The molecule has 0 aromatic heterocycles. The van der Waals surface area contributed by atoms with Crippen molar-refractivity contribution in [3.05, 3.63) is 202 Å². The van der Waals surface area contributed by atoms with Gasteiger partial charge in [0, 0.05) is 0 Å². The molecule has 2 amide bonds. The molecule has 6 aromatic rings. The number of para-hydroxylation sites is 2. The fourth-order valence-corrected chi connectivity index (χ4v) is 12.7. The van der Waals surface area contributed by atoms with E-state index in [-0.39, 0.29) is 24.2 Å². The van der Waals surface area contributed by atoms with Crippen molar-refractivity contribution in [2.75, 3.05) is 6.76 Å². The summed E-state index contributed by atoms with van der Waals surface area (Å²) in [7, 11) is 0. The molecule has 0 aliphatic heterocycles. The van der Waals surface area contributed by atoms with E-state index in [0.29, 0.717) is 11.1 Å². The van der Waals surface area contributed by atoms with Crippen LogP contribution in [0.1, 0.15) is 55.3 Å². The molecule has 0 heterocycles. The molecule has 0 N–H and O–H groups in total. The van der Waals surface area contributed by atoms with Crippen molar-refractivity contribution in [1.29, 1.82) is 0 Å². The first-order chi connectivity index (χ1) is 25.7. The standard InChI is InChI=1S/2C19H15NO.C10H15.ClH.Ti/c2*21-19(20-16-11-5-2-6-12-16)18-14-8-7-13-17(18)15-9-3-1-4-10-15;1-7-6-10(4,5)9(3)8(7)2;;/h2*1-14H,(H,20,21);1-5H3;1H;/q;;;;+3/p-3. The van der Waals surface area contributed by atoms with Crippen molar-refractivity contribution in [1.82, 2.24) is 0 Å². The molecule has 6 heteroatoms. The topological polar surface area (TPSA) is 40.6 Å². The minimum absolute atomic E-state index is 0. The van der Waals surface area contributed by atoms with Crippen LogP contribution in [-0.2, 0) is 18.4 Å². The maximum Gasteiger partial charge on any atom is -1.00 e. The van der Waals surface area contributed by atoms with E-state index in [0.717, 1.165) is 43.1 Å². The molecule has 268 valence electrons. The summed E-state index contributed by atoms with van der Waals surface area (Å²) < 4.78 is 5.20. The minimum Gasteiger partial charge on any atom is -1.00 e. The molecular weight excluding hydrogens is 720 g/mol. The van der Waals surface area contributed by atoms with E-state index >= 15 is 9.59 Å². The van der Waals surface area contributed by atoms with E-state index in [1.807, 2.05) is 177 Å². The summed E-state index contributed by atoms with van der Waals surface area (Å²) in [6.45, 7) is 11.0. The third-order valence-corrected chi connectivity index (χ3v) is 15.7. The summed E-state index contributed by atoms with van der Waals surface area (Å²) in [5.74, 6) is -0.261. The number of amides is 2. The second-order valence-electron chi connectivity index (χ2n) is 14.0. The molecule has 7 rings (SSSR count). The van der Waals surface area contributed by atoms with Crippen LogP contribution in [0.4, 0.5) is 11.4 Å². The second-order valence-corrected chi connectivity index (χ2v) is 17.2. The average Bonchev–Trinajstić information content (AvgIpc) is 3.36. The van der Waals surface area contributed by atoms with Crippen LogP contribution in [0.2, 0.25) is 0 Å². The van der Waals surface area contributed by atoms with Crippen molar-refractivity contribution < 1.29 is 40.4 Å². The molecule has 1 aliphatic carbocycles. The zero-order chi connectivity index (χ0) is 37.1. The Morgan fingerprint density at radius 3 is 1.15 bits per heavy atom. The number of allylic oxidation sites excluding steroid dienone is 4.